The van der Waals surface area contributed by atoms with Gasteiger partial charge in [-0.1, -0.05) is 34.0 Å². The lowest BCUT2D eigenvalue weighted by Crippen LogP contribution is -1.90. The second-order valence-corrected chi connectivity index (χ2v) is 4.36. The van der Waals surface area contributed by atoms with Crippen molar-refractivity contribution in [3.8, 4) is 23.6 Å². The van der Waals surface area contributed by atoms with Gasteiger partial charge in [-0.15, -0.1) is 6.40 Å². The Labute approximate surface area is 110 Å². The molecule has 1 heterocycles. The van der Waals surface area contributed by atoms with Crippen LogP contribution in [0.25, 0.3) is 11.3 Å². The Morgan fingerprint density at radius 1 is 1.29 bits per heavy atom. The molecule has 0 fully saturated rings. The minimum atomic E-state index is 0.248. The first-order chi connectivity index (χ1) is 8.79. The molecular formula is C14H11BrO2. The van der Waals surface area contributed by atoms with Gasteiger partial charge in [-0.05, 0) is 24.3 Å². The number of terminal acetylenes is 1. The average Bonchev–Trinajstić information content (AvgIpc) is 2.84. The van der Waals surface area contributed by atoms with Crippen molar-refractivity contribution < 1.29 is 10.5 Å². The van der Waals surface area contributed by atoms with Crippen molar-refractivity contribution in [1.29, 1.82) is 0 Å². The Morgan fingerprint density at radius 2 is 2.12 bits per heavy atom. The van der Waals surface area contributed by atoms with Crippen LogP contribution in [-0.4, -0.2) is 6.61 Å². The molecule has 0 bridgehead atoms. The zero-order chi connectivity index (χ0) is 12.8. The van der Waals surface area contributed by atoms with E-state index in [0.717, 1.165) is 21.6 Å². The number of hydrogen-bond donors (Lipinski definition) is 0. The molecule has 3 heteroatoms. The Balaban J connectivity index is 2.00. The summed E-state index contributed by atoms with van der Waals surface area (Å²) in [5, 5.41) is 0. The Bertz CT molecular complexity index is 563. The van der Waals surface area contributed by atoms with Crippen molar-refractivity contribution in [2.75, 3.05) is 6.61 Å². The smallest absolute Gasteiger partial charge is 0.134 e. The van der Waals surface area contributed by atoms with Crippen LogP contribution in [-0.2, 0) is 11.3 Å². The lowest BCUT2D eigenvalue weighted by Gasteiger charge is -1.98. The lowest BCUT2D eigenvalue weighted by atomic mass is 10.2. The van der Waals surface area contributed by atoms with Gasteiger partial charge in [0, 0.05) is 10.0 Å². The molecule has 0 unspecified atom stereocenters. The standard InChI is InChI=1S/C14H11BrO2/c1-2-9-16-10-13-7-8-14(17-13)11-3-5-12(15)6-4-11/h1,3-8H,9-10H2/i1D. The van der Waals surface area contributed by atoms with E-state index in [9.17, 15) is 0 Å². The van der Waals surface area contributed by atoms with Crippen molar-refractivity contribution in [3.05, 3.63) is 46.6 Å². The van der Waals surface area contributed by atoms with E-state index in [1.54, 1.807) is 0 Å². The minimum absolute atomic E-state index is 0.248. The lowest BCUT2D eigenvalue weighted by molar-refractivity contribution is 0.136. The van der Waals surface area contributed by atoms with Crippen molar-refractivity contribution in [1.82, 2.24) is 0 Å². The highest BCUT2D eigenvalue weighted by Gasteiger charge is 2.04. The summed E-state index contributed by atoms with van der Waals surface area (Å²) in [6.07, 6.45) is 2.03. The predicted octanol–water partition coefficient (Wildman–Crippen LogP) is 3.86. The maximum absolute atomic E-state index is 6.65. The number of benzene rings is 1. The SMILES string of the molecule is [2H]C#CCOCc1ccc(-c2ccc(Br)cc2)o1. The van der Waals surface area contributed by atoms with E-state index < -0.39 is 0 Å². The number of hydrogen-bond acceptors (Lipinski definition) is 2. The van der Waals surface area contributed by atoms with Gasteiger partial charge < -0.3 is 9.15 Å². The summed E-state index contributed by atoms with van der Waals surface area (Å²) in [7, 11) is 0. The van der Waals surface area contributed by atoms with E-state index in [0.29, 0.717) is 6.61 Å². The second kappa shape index (κ2) is 5.72. The van der Waals surface area contributed by atoms with Crippen LogP contribution in [0.15, 0.2) is 45.3 Å². The largest absolute Gasteiger partial charge is 0.459 e. The van der Waals surface area contributed by atoms with Gasteiger partial charge in [0.2, 0.25) is 0 Å². The van der Waals surface area contributed by atoms with Gasteiger partial charge in [0.05, 0.1) is 0 Å². The zero-order valence-corrected chi connectivity index (χ0v) is 10.7. The molecule has 0 aliphatic carbocycles. The molecule has 2 rings (SSSR count). The summed E-state index contributed by atoms with van der Waals surface area (Å²) in [5.74, 6) is 4.07. The molecule has 0 radical (unpaired) electrons. The molecule has 0 N–H and O–H groups in total. The van der Waals surface area contributed by atoms with Gasteiger partial charge in [0.1, 0.15) is 26.1 Å². The van der Waals surface area contributed by atoms with E-state index in [1.807, 2.05) is 42.8 Å². The summed E-state index contributed by atoms with van der Waals surface area (Å²) < 4.78 is 18.6. The van der Waals surface area contributed by atoms with E-state index in [2.05, 4.69) is 21.9 Å². The van der Waals surface area contributed by atoms with Gasteiger partial charge in [-0.2, -0.15) is 0 Å². The van der Waals surface area contributed by atoms with E-state index >= 15 is 0 Å². The molecule has 1 aromatic heterocycles. The molecular weight excluding hydrogens is 280 g/mol. The first-order valence-electron chi connectivity index (χ1n) is 5.61. The summed E-state index contributed by atoms with van der Waals surface area (Å²) in [6.45, 7) is 0.614. The molecule has 17 heavy (non-hydrogen) atoms. The monoisotopic (exact) mass is 291 g/mol. The minimum Gasteiger partial charge on any atom is -0.459 e. The molecule has 2 aromatic rings. The summed E-state index contributed by atoms with van der Waals surface area (Å²) in [5.41, 5.74) is 1.02. The van der Waals surface area contributed by atoms with Crippen LogP contribution < -0.4 is 0 Å². The van der Waals surface area contributed by atoms with E-state index in [4.69, 9.17) is 10.5 Å². The number of furan rings is 1. The van der Waals surface area contributed by atoms with Gasteiger partial charge in [-0.3, -0.25) is 0 Å². The molecule has 0 saturated carbocycles. The summed E-state index contributed by atoms with van der Waals surface area (Å²) in [4.78, 5) is 0. The third-order valence-corrected chi connectivity index (χ3v) is 2.74. The van der Waals surface area contributed by atoms with Crippen molar-refractivity contribution in [3.63, 3.8) is 0 Å². The Morgan fingerprint density at radius 3 is 2.88 bits per heavy atom. The fourth-order valence-corrected chi connectivity index (χ4v) is 1.69. The van der Waals surface area contributed by atoms with Crippen molar-refractivity contribution in [2.24, 2.45) is 0 Å². The number of halogens is 1. The fraction of sp³-hybridized carbons (Fsp3) is 0.143. The molecule has 0 amide bonds. The first-order valence-corrected chi connectivity index (χ1v) is 5.91. The summed E-state index contributed by atoms with van der Waals surface area (Å²) >= 11 is 3.39. The highest BCUT2D eigenvalue weighted by molar-refractivity contribution is 9.10. The van der Waals surface area contributed by atoms with Gasteiger partial charge in [-0.25, -0.2) is 0 Å². The van der Waals surface area contributed by atoms with Crippen LogP contribution in [0.5, 0.6) is 0 Å². The third kappa shape index (κ3) is 3.23. The second-order valence-electron chi connectivity index (χ2n) is 3.44. The topological polar surface area (TPSA) is 22.4 Å². The van der Waals surface area contributed by atoms with Gasteiger partial charge >= 0.3 is 0 Å². The molecule has 86 valence electrons. The predicted molar refractivity (Wildman–Crippen MR) is 70.3 cm³/mol. The third-order valence-electron chi connectivity index (χ3n) is 2.21. The summed E-state index contributed by atoms with van der Waals surface area (Å²) in [6, 6.07) is 11.7. The Hall–Kier alpha value is -1.50. The van der Waals surface area contributed by atoms with E-state index in [-0.39, 0.29) is 6.61 Å². The van der Waals surface area contributed by atoms with Gasteiger partial charge in [0.15, 0.2) is 0 Å². The van der Waals surface area contributed by atoms with Crippen LogP contribution in [0.3, 0.4) is 0 Å². The zero-order valence-electron chi connectivity index (χ0n) is 10.1. The van der Waals surface area contributed by atoms with Crippen LogP contribution in [0, 0.1) is 12.3 Å². The van der Waals surface area contributed by atoms with Gasteiger partial charge in [0.25, 0.3) is 0 Å². The highest BCUT2D eigenvalue weighted by atomic mass is 79.9. The molecule has 0 spiro atoms. The quantitative estimate of drug-likeness (QED) is 0.630. The molecule has 0 aliphatic heterocycles. The molecule has 0 atom stereocenters. The van der Waals surface area contributed by atoms with Crippen LogP contribution >= 0.6 is 15.9 Å². The van der Waals surface area contributed by atoms with Crippen molar-refractivity contribution in [2.45, 2.75) is 6.61 Å². The number of ether oxygens (including phenoxy) is 1. The maximum atomic E-state index is 6.65. The fourth-order valence-electron chi connectivity index (χ4n) is 1.43. The number of rotatable bonds is 4. The first kappa shape index (κ1) is 10.6. The Kier molecular flexibility index (Phi) is 3.58. The molecule has 2 nitrogen and oxygen atoms in total. The van der Waals surface area contributed by atoms with Crippen LogP contribution in [0.1, 0.15) is 7.13 Å². The average molecular weight is 292 g/mol. The molecule has 0 aliphatic rings. The molecule has 0 saturated heterocycles. The van der Waals surface area contributed by atoms with Crippen molar-refractivity contribution >= 4 is 15.9 Å². The van der Waals surface area contributed by atoms with Crippen LogP contribution in [0.4, 0.5) is 0 Å². The van der Waals surface area contributed by atoms with Crippen LogP contribution in [0.2, 0.25) is 0 Å². The highest BCUT2D eigenvalue weighted by Crippen LogP contribution is 2.24. The van der Waals surface area contributed by atoms with E-state index in [1.165, 1.54) is 0 Å². The maximum Gasteiger partial charge on any atom is 0.134 e. The molecule has 1 aromatic carbocycles. The normalized spacial score (nSPS) is 10.5.